The van der Waals surface area contributed by atoms with Gasteiger partial charge in [0.25, 0.3) is 0 Å². The number of halogens is 1. The van der Waals surface area contributed by atoms with E-state index in [4.69, 9.17) is 22.1 Å². The lowest BCUT2D eigenvalue weighted by molar-refractivity contribution is 0.174. The van der Waals surface area contributed by atoms with Crippen LogP contribution in [0.2, 0.25) is 4.34 Å². The molecule has 0 radical (unpaired) electrons. The molecule has 1 aliphatic rings. The maximum absolute atomic E-state index is 6.26. The second-order valence-electron chi connectivity index (χ2n) is 5.54. The Hall–Kier alpha value is -1.03. The van der Waals surface area contributed by atoms with Crippen LogP contribution in [0.4, 0.5) is 0 Å². The summed E-state index contributed by atoms with van der Waals surface area (Å²) in [5.74, 6) is 0.911. The fourth-order valence-corrected chi connectivity index (χ4v) is 3.99. The number of rotatable bonds is 5. The number of fused-ring (bicyclic) bond motifs is 1. The first-order valence-electron chi connectivity index (χ1n) is 7.46. The third kappa shape index (κ3) is 3.25. The lowest BCUT2D eigenvalue weighted by Crippen LogP contribution is -2.30. The van der Waals surface area contributed by atoms with Gasteiger partial charge in [-0.2, -0.15) is 0 Å². The number of thiophene rings is 1. The lowest BCUT2D eigenvalue weighted by atomic mass is 10.1. The average molecular weight is 322 g/mol. The van der Waals surface area contributed by atoms with Crippen molar-refractivity contribution < 1.29 is 4.74 Å². The summed E-state index contributed by atoms with van der Waals surface area (Å²) >= 11 is 7.60. The molecule has 2 aromatic rings. The number of hydrogen-bond donors (Lipinski definition) is 1. The van der Waals surface area contributed by atoms with E-state index in [0.29, 0.717) is 0 Å². The first kappa shape index (κ1) is 14.9. The van der Waals surface area contributed by atoms with Gasteiger partial charge in [0.05, 0.1) is 4.34 Å². The molecule has 112 valence electrons. The Kier molecular flexibility index (Phi) is 4.53. The predicted molar refractivity (Wildman–Crippen MR) is 89.4 cm³/mol. The molecule has 2 N–H and O–H groups in total. The predicted octanol–water partition coefficient (Wildman–Crippen LogP) is 4.75. The smallest absolute Gasteiger partial charge is 0.148 e. The molecule has 21 heavy (non-hydrogen) atoms. The summed E-state index contributed by atoms with van der Waals surface area (Å²) < 4.78 is 6.99. The van der Waals surface area contributed by atoms with Crippen LogP contribution < -0.4 is 10.5 Å². The normalized spacial score (nSPS) is 16.5. The topological polar surface area (TPSA) is 35.2 Å². The molecule has 0 aliphatic heterocycles. The molecule has 0 bridgehead atoms. The van der Waals surface area contributed by atoms with E-state index in [2.05, 4.69) is 25.1 Å². The minimum atomic E-state index is -0.132. The van der Waals surface area contributed by atoms with E-state index < -0.39 is 0 Å². The molecule has 0 spiro atoms. The Morgan fingerprint density at radius 1 is 1.24 bits per heavy atom. The highest BCUT2D eigenvalue weighted by atomic mass is 35.5. The van der Waals surface area contributed by atoms with Gasteiger partial charge in [-0.3, -0.25) is 0 Å². The number of nitrogens with two attached hydrogens (primary N) is 1. The van der Waals surface area contributed by atoms with Crippen LogP contribution in [0.5, 0.6) is 5.75 Å². The van der Waals surface area contributed by atoms with Crippen molar-refractivity contribution in [2.24, 2.45) is 5.73 Å². The monoisotopic (exact) mass is 321 g/mol. The molecule has 2 unspecified atom stereocenters. The van der Waals surface area contributed by atoms with Gasteiger partial charge in [-0.1, -0.05) is 24.6 Å². The van der Waals surface area contributed by atoms with Crippen molar-refractivity contribution in [2.75, 3.05) is 0 Å². The number of hydrogen-bond acceptors (Lipinski definition) is 3. The van der Waals surface area contributed by atoms with Gasteiger partial charge >= 0.3 is 0 Å². The van der Waals surface area contributed by atoms with Crippen LogP contribution in [0, 0.1) is 0 Å². The van der Waals surface area contributed by atoms with Crippen LogP contribution in [-0.4, -0.2) is 6.04 Å². The van der Waals surface area contributed by atoms with Gasteiger partial charge in [-0.25, -0.2) is 0 Å². The summed E-state index contributed by atoms with van der Waals surface area (Å²) in [5, 5.41) is 0. The number of benzene rings is 1. The van der Waals surface area contributed by atoms with E-state index in [1.54, 1.807) is 11.3 Å². The van der Waals surface area contributed by atoms with Crippen molar-refractivity contribution >= 4 is 22.9 Å². The maximum Gasteiger partial charge on any atom is 0.148 e. The Morgan fingerprint density at radius 2 is 2.05 bits per heavy atom. The fraction of sp³-hybridized carbons (Fsp3) is 0.412. The van der Waals surface area contributed by atoms with Gasteiger partial charge < -0.3 is 10.5 Å². The van der Waals surface area contributed by atoms with Crippen LogP contribution in [0.3, 0.4) is 0 Å². The van der Waals surface area contributed by atoms with Crippen molar-refractivity contribution in [3.8, 4) is 5.75 Å². The average Bonchev–Trinajstić information content (AvgIpc) is 3.12. The second-order valence-corrected chi connectivity index (χ2v) is 7.28. The summed E-state index contributed by atoms with van der Waals surface area (Å²) in [6.45, 7) is 2.08. The van der Waals surface area contributed by atoms with Crippen LogP contribution in [-0.2, 0) is 12.8 Å². The Morgan fingerprint density at radius 3 is 2.76 bits per heavy atom. The van der Waals surface area contributed by atoms with Gasteiger partial charge in [0, 0.05) is 10.9 Å². The second kappa shape index (κ2) is 6.39. The van der Waals surface area contributed by atoms with Crippen molar-refractivity contribution in [2.45, 2.75) is 44.8 Å². The molecule has 1 aromatic carbocycles. The zero-order valence-electron chi connectivity index (χ0n) is 12.1. The molecule has 0 fully saturated rings. The summed E-state index contributed by atoms with van der Waals surface area (Å²) in [6.07, 6.45) is 4.32. The molecule has 3 rings (SSSR count). The van der Waals surface area contributed by atoms with Gasteiger partial charge in [0.2, 0.25) is 0 Å². The Bertz CT molecular complexity index is 625. The van der Waals surface area contributed by atoms with Crippen LogP contribution >= 0.6 is 22.9 Å². The van der Waals surface area contributed by atoms with Crippen molar-refractivity contribution in [3.63, 3.8) is 0 Å². The highest BCUT2D eigenvalue weighted by Crippen LogP contribution is 2.34. The van der Waals surface area contributed by atoms with E-state index in [1.807, 2.05) is 12.1 Å². The van der Waals surface area contributed by atoms with Crippen LogP contribution in [0.15, 0.2) is 30.3 Å². The van der Waals surface area contributed by atoms with Crippen molar-refractivity contribution in [1.29, 1.82) is 0 Å². The van der Waals surface area contributed by atoms with Crippen molar-refractivity contribution in [1.82, 2.24) is 0 Å². The number of aryl methyl sites for hydroxylation is 2. The molecule has 0 saturated carbocycles. The minimum Gasteiger partial charge on any atom is -0.483 e. The van der Waals surface area contributed by atoms with Crippen LogP contribution in [0.25, 0.3) is 0 Å². The summed E-state index contributed by atoms with van der Waals surface area (Å²) in [5.41, 5.74) is 9.13. The summed E-state index contributed by atoms with van der Waals surface area (Å²) in [4.78, 5) is 1.09. The van der Waals surface area contributed by atoms with Gasteiger partial charge in [-0.05, 0) is 61.1 Å². The van der Waals surface area contributed by atoms with Crippen LogP contribution in [0.1, 0.15) is 41.9 Å². The standard InChI is InChI=1S/C17H20ClNOS/c1-2-14(19)17(15-8-9-16(18)21-15)20-13-7-6-11-4-3-5-12(11)10-13/h6-10,14,17H,2-5,19H2,1H3. The quantitative estimate of drug-likeness (QED) is 0.862. The van der Waals surface area contributed by atoms with Crippen molar-refractivity contribution in [3.05, 3.63) is 50.7 Å². The fourth-order valence-electron chi connectivity index (χ4n) is 2.82. The van der Waals surface area contributed by atoms with Gasteiger partial charge in [0.15, 0.2) is 0 Å². The zero-order chi connectivity index (χ0) is 14.8. The maximum atomic E-state index is 6.26. The number of ether oxygens (including phenoxy) is 1. The van der Waals surface area contributed by atoms with E-state index in [0.717, 1.165) is 27.8 Å². The van der Waals surface area contributed by atoms with Gasteiger partial charge in [0.1, 0.15) is 11.9 Å². The lowest BCUT2D eigenvalue weighted by Gasteiger charge is -2.23. The zero-order valence-corrected chi connectivity index (χ0v) is 13.7. The molecule has 0 saturated heterocycles. The Labute approximate surface area is 134 Å². The molecule has 2 atom stereocenters. The Balaban J connectivity index is 1.84. The third-order valence-electron chi connectivity index (χ3n) is 4.07. The summed E-state index contributed by atoms with van der Waals surface area (Å²) in [6, 6.07) is 10.3. The molecule has 2 nitrogen and oxygen atoms in total. The van der Waals surface area contributed by atoms with Gasteiger partial charge in [-0.15, -0.1) is 11.3 Å². The molecular weight excluding hydrogens is 302 g/mol. The highest BCUT2D eigenvalue weighted by Gasteiger charge is 2.23. The molecule has 0 amide bonds. The highest BCUT2D eigenvalue weighted by molar-refractivity contribution is 7.16. The van der Waals surface area contributed by atoms with E-state index in [-0.39, 0.29) is 12.1 Å². The molecule has 1 heterocycles. The van der Waals surface area contributed by atoms with E-state index >= 15 is 0 Å². The molecular formula is C17H20ClNOS. The molecule has 4 heteroatoms. The van der Waals surface area contributed by atoms with E-state index in [9.17, 15) is 0 Å². The molecule has 1 aliphatic carbocycles. The first-order chi connectivity index (χ1) is 10.2. The molecule has 1 aromatic heterocycles. The van der Waals surface area contributed by atoms with E-state index in [1.165, 1.54) is 24.0 Å². The SMILES string of the molecule is CCC(N)C(Oc1ccc2c(c1)CCC2)c1ccc(Cl)s1. The minimum absolute atomic E-state index is 0.0343. The summed E-state index contributed by atoms with van der Waals surface area (Å²) in [7, 11) is 0. The first-order valence-corrected chi connectivity index (χ1v) is 8.66. The largest absolute Gasteiger partial charge is 0.483 e. The third-order valence-corrected chi connectivity index (χ3v) is 5.36.